The lowest BCUT2D eigenvalue weighted by Gasteiger charge is -2.22. The highest BCUT2D eigenvalue weighted by molar-refractivity contribution is 5.80. The van der Waals surface area contributed by atoms with Gasteiger partial charge in [-0.2, -0.15) is 0 Å². The molecule has 0 saturated carbocycles. The van der Waals surface area contributed by atoms with E-state index in [2.05, 4.69) is 15.0 Å². The number of amidine groups is 1. The molecule has 0 aromatic rings. The number of nitrogens with one attached hydrogen (secondary N) is 1. The van der Waals surface area contributed by atoms with Crippen molar-refractivity contribution in [1.29, 1.82) is 0 Å². The zero-order valence-electron chi connectivity index (χ0n) is 6.48. The number of halogens is 3. The average molecular weight is 182 g/mol. The van der Waals surface area contributed by atoms with Gasteiger partial charge < -0.3 is 5.32 Å². The zero-order chi connectivity index (χ0) is 9.19. The Balaban J connectivity index is 2.37. The Hall–Kier alpha value is -0.780. The van der Waals surface area contributed by atoms with Crippen LogP contribution in [0.3, 0.4) is 0 Å². The van der Waals surface area contributed by atoms with Gasteiger partial charge in [0.05, 0.1) is 12.4 Å². The molecule has 1 N–H and O–H groups in total. The number of aliphatic imine (C=N–C) groups is 1. The van der Waals surface area contributed by atoms with Gasteiger partial charge in [0.2, 0.25) is 0 Å². The van der Waals surface area contributed by atoms with Crippen LogP contribution in [0.5, 0.6) is 0 Å². The molecule has 70 valence electrons. The Kier molecular flexibility index (Phi) is 2.56. The van der Waals surface area contributed by atoms with E-state index in [9.17, 15) is 13.2 Å². The van der Waals surface area contributed by atoms with Crippen LogP contribution in [0.2, 0.25) is 0 Å². The molecule has 0 radical (unpaired) electrons. The van der Waals surface area contributed by atoms with Gasteiger partial charge in [0.25, 0.3) is 0 Å². The molecule has 0 bridgehead atoms. The highest BCUT2D eigenvalue weighted by atomic mass is 19.4. The van der Waals surface area contributed by atoms with E-state index < -0.39 is 12.5 Å². The first kappa shape index (κ1) is 9.31. The van der Waals surface area contributed by atoms with Crippen LogP contribution in [0.4, 0.5) is 13.2 Å². The fraction of sp³-hybridized carbons (Fsp3) is 0.833. The van der Waals surface area contributed by atoms with Gasteiger partial charge in [0.15, 0.2) is 0 Å². The summed E-state index contributed by atoms with van der Waals surface area (Å²) in [4.78, 5) is 3.78. The summed E-state index contributed by atoms with van der Waals surface area (Å²) < 4.78 is 38.7. The first-order valence-electron chi connectivity index (χ1n) is 3.47. The van der Waals surface area contributed by atoms with Crippen LogP contribution in [0, 0.1) is 0 Å². The zero-order valence-corrected chi connectivity index (χ0v) is 6.48. The van der Waals surface area contributed by atoms with Crippen LogP contribution in [0.15, 0.2) is 4.99 Å². The molecule has 0 aromatic carbocycles. The van der Waals surface area contributed by atoms with Gasteiger partial charge in [-0.25, -0.2) is 0 Å². The van der Waals surface area contributed by atoms with Crippen molar-refractivity contribution >= 4 is 5.84 Å². The van der Waals surface area contributed by atoms with Crippen LogP contribution in [-0.4, -0.2) is 31.4 Å². The lowest BCUT2D eigenvalue weighted by molar-refractivity contribution is -0.340. The summed E-state index contributed by atoms with van der Waals surface area (Å²) in [5.41, 5.74) is 0. The van der Waals surface area contributed by atoms with E-state index in [1.165, 1.54) is 0 Å². The number of hydrogen-bond donors (Lipinski definition) is 1. The highest BCUT2D eigenvalue weighted by Crippen LogP contribution is 2.19. The molecule has 1 rings (SSSR count). The summed E-state index contributed by atoms with van der Waals surface area (Å²) in [5, 5.41) is 2.68. The maximum atomic E-state index is 11.6. The number of ether oxygens (including phenoxy) is 1. The molecule has 1 atom stereocenters. The quantitative estimate of drug-likeness (QED) is 0.654. The summed E-state index contributed by atoms with van der Waals surface area (Å²) in [7, 11) is 0. The van der Waals surface area contributed by atoms with E-state index in [0.29, 0.717) is 5.84 Å². The second-order valence-electron chi connectivity index (χ2n) is 2.49. The van der Waals surface area contributed by atoms with Gasteiger partial charge in [0.1, 0.15) is 6.10 Å². The number of nitrogens with zero attached hydrogens (tertiary/aromatic N) is 1. The van der Waals surface area contributed by atoms with Gasteiger partial charge in [-0.15, -0.1) is 13.2 Å². The topological polar surface area (TPSA) is 33.6 Å². The molecular formula is C6H9F3N2O. The Morgan fingerprint density at radius 1 is 1.58 bits per heavy atom. The van der Waals surface area contributed by atoms with Crippen molar-refractivity contribution in [1.82, 2.24) is 5.32 Å². The number of hydrogen-bond acceptors (Lipinski definition) is 3. The summed E-state index contributed by atoms with van der Waals surface area (Å²) in [6.45, 7) is 1.93. The second kappa shape index (κ2) is 3.30. The summed E-state index contributed by atoms with van der Waals surface area (Å²) in [6.07, 6.45) is -5.46. The van der Waals surface area contributed by atoms with E-state index in [1.54, 1.807) is 6.92 Å². The van der Waals surface area contributed by atoms with E-state index in [-0.39, 0.29) is 13.1 Å². The van der Waals surface area contributed by atoms with Crippen molar-refractivity contribution < 1.29 is 17.9 Å². The predicted molar refractivity (Wildman–Crippen MR) is 36.9 cm³/mol. The lowest BCUT2D eigenvalue weighted by atomic mass is 10.3. The maximum Gasteiger partial charge on any atom is 0.522 e. The molecule has 0 spiro atoms. The third kappa shape index (κ3) is 3.08. The minimum absolute atomic E-state index is 0.0678. The Morgan fingerprint density at radius 2 is 2.25 bits per heavy atom. The lowest BCUT2D eigenvalue weighted by Crippen LogP contribution is -2.41. The average Bonchev–Trinajstić information content (AvgIpc) is 1.91. The summed E-state index contributed by atoms with van der Waals surface area (Å²) in [6, 6.07) is 0. The molecule has 3 nitrogen and oxygen atoms in total. The van der Waals surface area contributed by atoms with Crippen molar-refractivity contribution in [3.63, 3.8) is 0 Å². The molecule has 1 aliphatic rings. The van der Waals surface area contributed by atoms with Crippen molar-refractivity contribution in [2.24, 2.45) is 4.99 Å². The molecule has 0 amide bonds. The molecule has 1 aliphatic heterocycles. The van der Waals surface area contributed by atoms with Crippen LogP contribution < -0.4 is 5.32 Å². The molecule has 0 aliphatic carbocycles. The smallest absolute Gasteiger partial charge is 0.371 e. The van der Waals surface area contributed by atoms with E-state index in [0.717, 1.165) is 0 Å². The monoisotopic (exact) mass is 182 g/mol. The molecule has 1 unspecified atom stereocenters. The van der Waals surface area contributed by atoms with Crippen LogP contribution in [0.1, 0.15) is 6.92 Å². The molecular weight excluding hydrogens is 173 g/mol. The summed E-state index contributed by atoms with van der Waals surface area (Å²) >= 11 is 0. The molecule has 0 saturated heterocycles. The van der Waals surface area contributed by atoms with Gasteiger partial charge >= 0.3 is 6.36 Å². The van der Waals surface area contributed by atoms with Crippen molar-refractivity contribution in [2.75, 3.05) is 13.1 Å². The molecule has 0 fully saturated rings. The molecule has 1 heterocycles. The first-order valence-corrected chi connectivity index (χ1v) is 3.47. The molecule has 0 aromatic heterocycles. The van der Waals surface area contributed by atoms with Crippen LogP contribution >= 0.6 is 0 Å². The van der Waals surface area contributed by atoms with Crippen LogP contribution in [0.25, 0.3) is 0 Å². The Labute approximate surface area is 67.6 Å². The van der Waals surface area contributed by atoms with Gasteiger partial charge in [-0.3, -0.25) is 9.73 Å². The van der Waals surface area contributed by atoms with Crippen molar-refractivity contribution in [2.45, 2.75) is 19.4 Å². The fourth-order valence-electron chi connectivity index (χ4n) is 0.889. The first-order chi connectivity index (χ1) is 5.47. The van der Waals surface area contributed by atoms with Crippen LogP contribution in [-0.2, 0) is 4.74 Å². The highest BCUT2D eigenvalue weighted by Gasteiger charge is 2.34. The Morgan fingerprint density at radius 3 is 2.67 bits per heavy atom. The third-order valence-corrected chi connectivity index (χ3v) is 1.42. The van der Waals surface area contributed by atoms with Gasteiger partial charge in [0, 0.05) is 6.54 Å². The normalized spacial score (nSPS) is 24.7. The predicted octanol–water partition coefficient (Wildman–Crippen LogP) is 0.913. The van der Waals surface area contributed by atoms with Gasteiger partial charge in [-0.1, -0.05) is 0 Å². The van der Waals surface area contributed by atoms with E-state index in [1.807, 2.05) is 0 Å². The molecule has 12 heavy (non-hydrogen) atoms. The van der Waals surface area contributed by atoms with Crippen molar-refractivity contribution in [3.05, 3.63) is 0 Å². The molecule has 6 heteroatoms. The Bertz CT molecular complexity index is 190. The number of alkyl halides is 3. The van der Waals surface area contributed by atoms with E-state index >= 15 is 0 Å². The fourth-order valence-corrected chi connectivity index (χ4v) is 0.889. The minimum Gasteiger partial charge on any atom is -0.371 e. The standard InChI is InChI=1S/C6H9F3N2O/c1-4-10-2-5(3-11-4)12-6(7,8)9/h5H,2-3H2,1H3,(H,10,11). The maximum absolute atomic E-state index is 11.6. The SMILES string of the molecule is CC1=NCC(OC(F)(F)F)CN1. The third-order valence-electron chi connectivity index (χ3n) is 1.42. The summed E-state index contributed by atoms with van der Waals surface area (Å²) in [5.74, 6) is 0.650. The number of rotatable bonds is 1. The minimum atomic E-state index is -4.56. The second-order valence-corrected chi connectivity index (χ2v) is 2.49. The largest absolute Gasteiger partial charge is 0.522 e. The van der Waals surface area contributed by atoms with Gasteiger partial charge in [-0.05, 0) is 6.92 Å². The van der Waals surface area contributed by atoms with Crippen molar-refractivity contribution in [3.8, 4) is 0 Å². The van der Waals surface area contributed by atoms with E-state index in [4.69, 9.17) is 0 Å².